The Kier molecular flexibility index (Phi) is 15.4. The van der Waals surface area contributed by atoms with Gasteiger partial charge in [0.15, 0.2) is 0 Å². The van der Waals surface area contributed by atoms with Gasteiger partial charge in [-0.25, -0.2) is 0 Å². The number of carbonyl (C=O) groups excluding carboxylic acids is 1. The second-order valence-electron chi connectivity index (χ2n) is 4.75. The lowest BCUT2D eigenvalue weighted by Gasteiger charge is -2.11. The monoisotopic (exact) mass is 315 g/mol. The van der Waals surface area contributed by atoms with Crippen molar-refractivity contribution in [3.63, 3.8) is 0 Å². The summed E-state index contributed by atoms with van der Waals surface area (Å²) in [6.07, 6.45) is 8.83. The first-order chi connectivity index (χ1) is 10.7. The van der Waals surface area contributed by atoms with Crippen LogP contribution in [0.3, 0.4) is 0 Å². The first kappa shape index (κ1) is 20.9. The molecular weight excluding hydrogens is 286 g/mol. The lowest BCUT2D eigenvalue weighted by Crippen LogP contribution is -2.33. The van der Waals surface area contributed by atoms with Crippen molar-refractivity contribution in [1.82, 2.24) is 0 Å². The van der Waals surface area contributed by atoms with Crippen LogP contribution in [0.1, 0.15) is 32.6 Å². The highest BCUT2D eigenvalue weighted by atomic mass is 16.6. The second-order valence-corrected chi connectivity index (χ2v) is 4.75. The number of carbonyl (C=O) groups is 1. The molecule has 22 heavy (non-hydrogen) atoms. The fourth-order valence-electron chi connectivity index (χ4n) is 1.61. The zero-order valence-corrected chi connectivity index (χ0v) is 13.6. The van der Waals surface area contributed by atoms with Crippen molar-refractivity contribution in [3.05, 3.63) is 0 Å². The molecule has 0 bridgehead atoms. The second kappa shape index (κ2) is 16.2. The topological polar surface area (TPSA) is 80.0 Å². The number of terminal acetylenes is 1. The zero-order valence-electron chi connectivity index (χ0n) is 13.6. The SMILES string of the molecule is C#CCOCCOCCOCCOC(=O)[C@@H](N)CCCCC. The molecule has 0 aliphatic carbocycles. The molecule has 6 heteroatoms. The molecule has 0 rings (SSSR count). The van der Waals surface area contributed by atoms with Crippen molar-refractivity contribution in [3.8, 4) is 12.3 Å². The fraction of sp³-hybridized carbons (Fsp3) is 0.812. The first-order valence-electron chi connectivity index (χ1n) is 7.81. The molecule has 0 aliphatic rings. The van der Waals surface area contributed by atoms with E-state index in [0.29, 0.717) is 46.1 Å². The molecule has 0 aromatic carbocycles. The van der Waals surface area contributed by atoms with Crippen LogP contribution in [0.5, 0.6) is 0 Å². The Morgan fingerprint density at radius 3 is 2.23 bits per heavy atom. The zero-order chi connectivity index (χ0) is 16.5. The maximum atomic E-state index is 11.5. The quantitative estimate of drug-likeness (QED) is 0.277. The Bertz CT molecular complexity index is 303. The van der Waals surface area contributed by atoms with Gasteiger partial charge in [-0.2, -0.15) is 0 Å². The molecule has 6 nitrogen and oxygen atoms in total. The van der Waals surface area contributed by atoms with E-state index in [4.69, 9.17) is 31.1 Å². The van der Waals surface area contributed by atoms with Gasteiger partial charge in [-0.05, 0) is 6.42 Å². The first-order valence-corrected chi connectivity index (χ1v) is 7.81. The van der Waals surface area contributed by atoms with Crippen molar-refractivity contribution in [2.45, 2.75) is 38.6 Å². The molecule has 0 spiro atoms. The summed E-state index contributed by atoms with van der Waals surface area (Å²) >= 11 is 0. The molecule has 0 saturated carbocycles. The van der Waals surface area contributed by atoms with Crippen LogP contribution < -0.4 is 5.73 Å². The van der Waals surface area contributed by atoms with Crippen molar-refractivity contribution in [2.75, 3.05) is 46.2 Å². The van der Waals surface area contributed by atoms with Gasteiger partial charge in [-0.15, -0.1) is 6.42 Å². The van der Waals surface area contributed by atoms with Crippen LogP contribution in [-0.2, 0) is 23.7 Å². The van der Waals surface area contributed by atoms with Crippen LogP contribution in [-0.4, -0.2) is 58.3 Å². The third kappa shape index (κ3) is 13.8. The molecule has 1 atom stereocenters. The molecule has 0 heterocycles. The Morgan fingerprint density at radius 1 is 1.05 bits per heavy atom. The Balaban J connectivity index is 3.28. The lowest BCUT2D eigenvalue weighted by molar-refractivity contribution is -0.147. The van der Waals surface area contributed by atoms with E-state index < -0.39 is 6.04 Å². The van der Waals surface area contributed by atoms with E-state index in [2.05, 4.69) is 12.8 Å². The standard InChI is InChI=1S/C16H29NO5/c1-3-5-6-7-15(17)16(18)22-14-13-21-12-11-20-10-9-19-8-4-2/h2,15H,3,5-14,17H2,1H3/t15-/m0/s1. The third-order valence-electron chi connectivity index (χ3n) is 2.82. The summed E-state index contributed by atoms with van der Waals surface area (Å²) in [4.78, 5) is 11.5. The number of esters is 1. The van der Waals surface area contributed by atoms with Gasteiger partial charge in [0.05, 0.1) is 33.0 Å². The third-order valence-corrected chi connectivity index (χ3v) is 2.82. The molecule has 128 valence electrons. The minimum Gasteiger partial charge on any atom is -0.462 e. The normalized spacial score (nSPS) is 11.9. The summed E-state index contributed by atoms with van der Waals surface area (Å²) < 4.78 is 20.6. The predicted octanol–water partition coefficient (Wildman–Crippen LogP) is 1.12. The van der Waals surface area contributed by atoms with E-state index in [9.17, 15) is 4.79 Å². The Hall–Kier alpha value is -1.13. The molecular formula is C16H29NO5. The molecule has 0 radical (unpaired) electrons. The number of hydrogen-bond donors (Lipinski definition) is 1. The van der Waals surface area contributed by atoms with Gasteiger partial charge < -0.3 is 24.7 Å². The average Bonchev–Trinajstić information content (AvgIpc) is 2.52. The highest BCUT2D eigenvalue weighted by Crippen LogP contribution is 2.02. The molecule has 0 amide bonds. The number of nitrogens with two attached hydrogens (primary N) is 1. The van der Waals surface area contributed by atoms with Crippen molar-refractivity contribution < 1.29 is 23.7 Å². The number of unbranched alkanes of at least 4 members (excludes halogenated alkanes) is 2. The summed E-state index contributed by atoms with van der Waals surface area (Å²) in [7, 11) is 0. The summed E-state index contributed by atoms with van der Waals surface area (Å²) in [5, 5.41) is 0. The van der Waals surface area contributed by atoms with Gasteiger partial charge in [-0.1, -0.05) is 32.1 Å². The predicted molar refractivity (Wildman–Crippen MR) is 84.4 cm³/mol. The Morgan fingerprint density at radius 2 is 1.64 bits per heavy atom. The van der Waals surface area contributed by atoms with Crippen LogP contribution in [0.2, 0.25) is 0 Å². The van der Waals surface area contributed by atoms with Crippen molar-refractivity contribution in [1.29, 1.82) is 0 Å². The van der Waals surface area contributed by atoms with Crippen molar-refractivity contribution >= 4 is 5.97 Å². The van der Waals surface area contributed by atoms with E-state index in [-0.39, 0.29) is 12.6 Å². The van der Waals surface area contributed by atoms with E-state index in [0.717, 1.165) is 19.3 Å². The van der Waals surface area contributed by atoms with E-state index in [1.54, 1.807) is 0 Å². The molecule has 2 N–H and O–H groups in total. The smallest absolute Gasteiger partial charge is 0.322 e. The molecule has 0 unspecified atom stereocenters. The highest BCUT2D eigenvalue weighted by molar-refractivity contribution is 5.75. The minimum absolute atomic E-state index is 0.214. The fourth-order valence-corrected chi connectivity index (χ4v) is 1.61. The lowest BCUT2D eigenvalue weighted by atomic mass is 10.1. The number of rotatable bonds is 15. The highest BCUT2D eigenvalue weighted by Gasteiger charge is 2.13. The minimum atomic E-state index is -0.530. The van der Waals surface area contributed by atoms with Crippen molar-refractivity contribution in [2.24, 2.45) is 5.73 Å². The largest absolute Gasteiger partial charge is 0.462 e. The van der Waals surface area contributed by atoms with E-state index in [1.165, 1.54) is 0 Å². The van der Waals surface area contributed by atoms with Crippen LogP contribution >= 0.6 is 0 Å². The molecule has 0 aromatic heterocycles. The maximum Gasteiger partial charge on any atom is 0.322 e. The van der Waals surface area contributed by atoms with Crippen LogP contribution in [0.25, 0.3) is 0 Å². The Labute approximate surface area is 133 Å². The summed E-state index contributed by atoms with van der Waals surface area (Å²) in [6, 6.07) is -0.530. The van der Waals surface area contributed by atoms with Gasteiger partial charge in [0.2, 0.25) is 0 Å². The molecule has 0 aromatic rings. The van der Waals surface area contributed by atoms with Crippen LogP contribution in [0, 0.1) is 12.3 Å². The van der Waals surface area contributed by atoms with Crippen LogP contribution in [0.4, 0.5) is 0 Å². The van der Waals surface area contributed by atoms with E-state index >= 15 is 0 Å². The molecule has 0 aliphatic heterocycles. The average molecular weight is 315 g/mol. The summed E-state index contributed by atoms with van der Waals surface area (Å²) in [5.74, 6) is 2.01. The van der Waals surface area contributed by atoms with E-state index in [1.807, 2.05) is 0 Å². The number of hydrogen-bond acceptors (Lipinski definition) is 6. The molecule has 0 saturated heterocycles. The summed E-state index contributed by atoms with van der Waals surface area (Å²) in [6.45, 7) is 4.81. The molecule has 0 fully saturated rings. The van der Waals surface area contributed by atoms with Gasteiger partial charge in [0.25, 0.3) is 0 Å². The summed E-state index contributed by atoms with van der Waals surface area (Å²) in [5.41, 5.74) is 5.73. The van der Waals surface area contributed by atoms with Gasteiger partial charge in [0, 0.05) is 0 Å². The maximum absolute atomic E-state index is 11.5. The van der Waals surface area contributed by atoms with Gasteiger partial charge in [0.1, 0.15) is 19.3 Å². The van der Waals surface area contributed by atoms with Crippen LogP contribution in [0.15, 0.2) is 0 Å². The van der Waals surface area contributed by atoms with Gasteiger partial charge in [-0.3, -0.25) is 4.79 Å². The van der Waals surface area contributed by atoms with Gasteiger partial charge >= 0.3 is 5.97 Å². The number of ether oxygens (including phenoxy) is 4.